The van der Waals surface area contributed by atoms with E-state index < -0.39 is 11.7 Å². The summed E-state index contributed by atoms with van der Waals surface area (Å²) in [5, 5.41) is 0. The highest BCUT2D eigenvalue weighted by Crippen LogP contribution is 2.29. The highest BCUT2D eigenvalue weighted by atomic mass is 19.4. The molecular formula is C18H19F3N4O3. The first kappa shape index (κ1) is 19.7. The van der Waals surface area contributed by atoms with Crippen molar-refractivity contribution in [3.8, 4) is 11.9 Å². The second kappa shape index (κ2) is 7.91. The van der Waals surface area contributed by atoms with Crippen molar-refractivity contribution in [2.75, 3.05) is 45.3 Å². The van der Waals surface area contributed by atoms with Crippen molar-refractivity contribution < 1.29 is 27.4 Å². The monoisotopic (exact) mass is 396 g/mol. The summed E-state index contributed by atoms with van der Waals surface area (Å²) in [6, 6.07) is 6.11. The van der Waals surface area contributed by atoms with Crippen LogP contribution in [0.1, 0.15) is 15.9 Å². The van der Waals surface area contributed by atoms with E-state index in [2.05, 4.69) is 9.97 Å². The first-order valence-corrected chi connectivity index (χ1v) is 8.50. The summed E-state index contributed by atoms with van der Waals surface area (Å²) in [6.07, 6.45) is -4.42. The summed E-state index contributed by atoms with van der Waals surface area (Å²) in [7, 11) is 2.95. The second-order valence-corrected chi connectivity index (χ2v) is 6.11. The van der Waals surface area contributed by atoms with Crippen molar-refractivity contribution in [1.29, 1.82) is 0 Å². The summed E-state index contributed by atoms with van der Waals surface area (Å²) in [6.45, 7) is 1.84. The Balaban J connectivity index is 1.66. The molecule has 1 aromatic carbocycles. The van der Waals surface area contributed by atoms with Crippen LogP contribution in [0, 0.1) is 0 Å². The molecule has 7 nitrogen and oxygen atoms in total. The van der Waals surface area contributed by atoms with Gasteiger partial charge in [-0.25, -0.2) is 0 Å². The number of nitrogens with zero attached hydrogens (tertiary/aromatic N) is 4. The molecule has 0 saturated carbocycles. The Bertz CT molecular complexity index is 813. The van der Waals surface area contributed by atoms with E-state index in [4.69, 9.17) is 9.47 Å². The van der Waals surface area contributed by atoms with E-state index in [1.54, 1.807) is 11.0 Å². The average Bonchev–Trinajstić information content (AvgIpc) is 2.72. The maximum absolute atomic E-state index is 12.7. The summed E-state index contributed by atoms with van der Waals surface area (Å²) >= 11 is 0. The molecule has 0 atom stereocenters. The molecule has 2 aromatic rings. The van der Waals surface area contributed by atoms with Gasteiger partial charge in [-0.3, -0.25) is 4.79 Å². The molecule has 150 valence electrons. The number of benzene rings is 1. The third-order valence-corrected chi connectivity index (χ3v) is 4.41. The van der Waals surface area contributed by atoms with Gasteiger partial charge in [0, 0.05) is 37.8 Å². The number of methoxy groups -OCH3 is 2. The lowest BCUT2D eigenvalue weighted by molar-refractivity contribution is -0.137. The zero-order chi connectivity index (χ0) is 20.3. The lowest BCUT2D eigenvalue weighted by atomic mass is 10.1. The zero-order valence-corrected chi connectivity index (χ0v) is 15.4. The van der Waals surface area contributed by atoms with Gasteiger partial charge in [-0.15, -0.1) is 0 Å². The van der Waals surface area contributed by atoms with Gasteiger partial charge < -0.3 is 19.3 Å². The molecule has 0 aliphatic carbocycles. The number of halogens is 3. The highest BCUT2D eigenvalue weighted by molar-refractivity contribution is 5.94. The van der Waals surface area contributed by atoms with Gasteiger partial charge in [0.1, 0.15) is 5.82 Å². The Morgan fingerprint density at radius 2 is 1.64 bits per heavy atom. The molecule has 0 radical (unpaired) electrons. The first-order chi connectivity index (χ1) is 13.3. The molecule has 1 saturated heterocycles. The molecule has 0 unspecified atom stereocenters. The molecule has 0 spiro atoms. The van der Waals surface area contributed by atoms with Crippen LogP contribution in [0.4, 0.5) is 19.0 Å². The fraction of sp³-hybridized carbons (Fsp3) is 0.389. The average molecular weight is 396 g/mol. The quantitative estimate of drug-likeness (QED) is 0.791. The molecule has 1 amide bonds. The van der Waals surface area contributed by atoms with E-state index in [0.29, 0.717) is 37.9 Å². The van der Waals surface area contributed by atoms with Crippen LogP contribution >= 0.6 is 0 Å². The summed E-state index contributed by atoms with van der Waals surface area (Å²) < 4.78 is 48.2. The number of piperazine rings is 1. The Kier molecular flexibility index (Phi) is 5.57. The maximum atomic E-state index is 12.7. The van der Waals surface area contributed by atoms with Gasteiger partial charge in [0.15, 0.2) is 0 Å². The van der Waals surface area contributed by atoms with Gasteiger partial charge in [-0.2, -0.15) is 23.1 Å². The van der Waals surface area contributed by atoms with Crippen LogP contribution in [0.25, 0.3) is 0 Å². The van der Waals surface area contributed by atoms with Crippen molar-refractivity contribution in [2.45, 2.75) is 6.18 Å². The fourth-order valence-corrected chi connectivity index (χ4v) is 2.87. The number of hydrogen-bond acceptors (Lipinski definition) is 6. The zero-order valence-electron chi connectivity index (χ0n) is 15.4. The first-order valence-electron chi connectivity index (χ1n) is 8.50. The van der Waals surface area contributed by atoms with Crippen LogP contribution in [0.2, 0.25) is 0 Å². The predicted octanol–water partition coefficient (Wildman–Crippen LogP) is 2.48. The molecule has 1 fully saturated rings. The molecule has 1 aromatic heterocycles. The number of amides is 1. The van der Waals surface area contributed by atoms with Crippen LogP contribution < -0.4 is 14.4 Å². The van der Waals surface area contributed by atoms with Crippen LogP contribution in [0.3, 0.4) is 0 Å². The number of alkyl halides is 3. The van der Waals surface area contributed by atoms with E-state index >= 15 is 0 Å². The van der Waals surface area contributed by atoms with Crippen LogP contribution in [-0.2, 0) is 6.18 Å². The largest absolute Gasteiger partial charge is 0.481 e. The number of hydrogen-bond donors (Lipinski definition) is 0. The normalized spacial score (nSPS) is 14.8. The molecule has 10 heteroatoms. The van der Waals surface area contributed by atoms with Gasteiger partial charge in [0.25, 0.3) is 5.91 Å². The van der Waals surface area contributed by atoms with Crippen LogP contribution in [-0.4, -0.2) is 61.2 Å². The van der Waals surface area contributed by atoms with Crippen LogP contribution in [0.15, 0.2) is 30.3 Å². The topological polar surface area (TPSA) is 67.8 Å². The molecule has 0 N–H and O–H groups in total. The van der Waals surface area contributed by atoms with Crippen molar-refractivity contribution in [3.63, 3.8) is 0 Å². The molecule has 2 heterocycles. The Morgan fingerprint density at radius 1 is 1.00 bits per heavy atom. The van der Waals surface area contributed by atoms with E-state index in [-0.39, 0.29) is 17.5 Å². The van der Waals surface area contributed by atoms with Crippen molar-refractivity contribution >= 4 is 11.7 Å². The van der Waals surface area contributed by atoms with Crippen molar-refractivity contribution in [2.24, 2.45) is 0 Å². The number of anilines is 1. The molecule has 3 rings (SSSR count). The number of carbonyl (C=O) groups excluding carboxylic acids is 1. The third-order valence-electron chi connectivity index (χ3n) is 4.41. The minimum atomic E-state index is -4.42. The minimum absolute atomic E-state index is 0.178. The Hall–Kier alpha value is -3.04. The van der Waals surface area contributed by atoms with Crippen molar-refractivity contribution in [1.82, 2.24) is 14.9 Å². The summed E-state index contributed by atoms with van der Waals surface area (Å²) in [5.41, 5.74) is -0.549. The van der Waals surface area contributed by atoms with Gasteiger partial charge in [-0.05, 0) is 24.3 Å². The number of rotatable bonds is 4. The van der Waals surface area contributed by atoms with Crippen molar-refractivity contribution in [3.05, 3.63) is 41.5 Å². The van der Waals surface area contributed by atoms with Gasteiger partial charge in [0.2, 0.25) is 5.88 Å². The number of ether oxygens (including phenoxy) is 2. The van der Waals surface area contributed by atoms with E-state index in [0.717, 1.165) is 12.1 Å². The van der Waals surface area contributed by atoms with Crippen LogP contribution in [0.5, 0.6) is 11.9 Å². The summed E-state index contributed by atoms with van der Waals surface area (Å²) in [5.74, 6) is 0.682. The summed E-state index contributed by atoms with van der Waals surface area (Å²) in [4.78, 5) is 24.5. The Morgan fingerprint density at radius 3 is 2.18 bits per heavy atom. The highest BCUT2D eigenvalue weighted by Gasteiger charge is 2.31. The second-order valence-electron chi connectivity index (χ2n) is 6.11. The van der Waals surface area contributed by atoms with Gasteiger partial charge in [-0.1, -0.05) is 0 Å². The smallest absolute Gasteiger partial charge is 0.416 e. The SMILES string of the molecule is COc1cc(N2CCN(C(=O)c3ccc(C(F)(F)F)cc3)CC2)nc(OC)n1. The number of carbonyl (C=O) groups is 1. The predicted molar refractivity (Wildman–Crippen MR) is 94.7 cm³/mol. The fourth-order valence-electron chi connectivity index (χ4n) is 2.87. The molecule has 1 aliphatic rings. The van der Waals surface area contributed by atoms with E-state index in [9.17, 15) is 18.0 Å². The lowest BCUT2D eigenvalue weighted by Crippen LogP contribution is -2.49. The standard InChI is InChI=1S/C18H19F3N4O3/c1-27-15-11-14(22-17(23-15)28-2)24-7-9-25(10-8-24)16(26)12-3-5-13(6-4-12)18(19,20)21/h3-6,11H,7-10H2,1-2H3. The molecule has 0 bridgehead atoms. The van der Waals surface area contributed by atoms with Gasteiger partial charge in [0.05, 0.1) is 19.8 Å². The minimum Gasteiger partial charge on any atom is -0.481 e. The maximum Gasteiger partial charge on any atom is 0.416 e. The number of aromatic nitrogens is 2. The van der Waals surface area contributed by atoms with Gasteiger partial charge >= 0.3 is 12.2 Å². The molecule has 1 aliphatic heterocycles. The Labute approximate surface area is 159 Å². The molecular weight excluding hydrogens is 377 g/mol. The lowest BCUT2D eigenvalue weighted by Gasteiger charge is -2.35. The molecule has 28 heavy (non-hydrogen) atoms. The van der Waals surface area contributed by atoms with E-state index in [1.165, 1.54) is 26.4 Å². The third kappa shape index (κ3) is 4.26. The van der Waals surface area contributed by atoms with E-state index in [1.807, 2.05) is 4.90 Å².